The molecule has 1 aliphatic heterocycles. The van der Waals surface area contributed by atoms with Crippen molar-refractivity contribution in [3.8, 4) is 0 Å². The topological polar surface area (TPSA) is 32.3 Å². The Morgan fingerprint density at radius 3 is 2.27 bits per heavy atom. The van der Waals surface area contributed by atoms with Crippen LogP contribution in [-0.4, -0.2) is 23.9 Å². The van der Waals surface area contributed by atoms with Crippen molar-refractivity contribution in [2.24, 2.45) is 0 Å². The number of rotatable bonds is 4. The van der Waals surface area contributed by atoms with Gasteiger partial charge in [0.05, 0.1) is 11.3 Å². The largest absolute Gasteiger partial charge is 0.418 e. The summed E-state index contributed by atoms with van der Waals surface area (Å²) in [6.07, 6.45) is -0.824. The van der Waals surface area contributed by atoms with Gasteiger partial charge in [0.25, 0.3) is 5.91 Å². The van der Waals surface area contributed by atoms with E-state index in [1.807, 2.05) is 12.1 Å². The molecule has 1 N–H and O–H groups in total. The minimum atomic E-state index is -4.51. The third-order valence-electron chi connectivity index (χ3n) is 4.55. The zero-order chi connectivity index (χ0) is 18.6. The van der Waals surface area contributed by atoms with E-state index in [0.717, 1.165) is 31.3 Å². The van der Waals surface area contributed by atoms with Crippen LogP contribution in [0, 0.1) is 0 Å². The zero-order valence-electron chi connectivity index (χ0n) is 14.4. The Kier molecular flexibility index (Phi) is 5.61. The molecule has 2 aromatic rings. The molecule has 6 heteroatoms. The van der Waals surface area contributed by atoms with E-state index in [-0.39, 0.29) is 5.69 Å². The Balaban J connectivity index is 1.67. The first-order valence-electron chi connectivity index (χ1n) is 8.72. The van der Waals surface area contributed by atoms with Crippen LogP contribution in [0.3, 0.4) is 0 Å². The number of nitrogens with zero attached hydrogens (tertiary/aromatic N) is 1. The number of amides is 1. The van der Waals surface area contributed by atoms with Crippen LogP contribution in [0.25, 0.3) is 0 Å². The lowest BCUT2D eigenvalue weighted by molar-refractivity contribution is -0.136. The van der Waals surface area contributed by atoms with Crippen molar-refractivity contribution in [3.05, 3.63) is 65.2 Å². The molecule has 3 nitrogen and oxygen atoms in total. The van der Waals surface area contributed by atoms with Crippen LogP contribution in [0.5, 0.6) is 0 Å². The first-order valence-corrected chi connectivity index (χ1v) is 8.72. The van der Waals surface area contributed by atoms with E-state index in [2.05, 4.69) is 10.2 Å². The van der Waals surface area contributed by atoms with Crippen LogP contribution in [-0.2, 0) is 12.7 Å². The van der Waals surface area contributed by atoms with Crippen molar-refractivity contribution in [1.82, 2.24) is 4.90 Å². The molecule has 0 spiro atoms. The summed E-state index contributed by atoms with van der Waals surface area (Å²) in [4.78, 5) is 14.7. The highest BCUT2D eigenvalue weighted by molar-refractivity contribution is 6.04. The van der Waals surface area contributed by atoms with Gasteiger partial charge in [0, 0.05) is 12.1 Å². The lowest BCUT2D eigenvalue weighted by atomic mass is 10.1. The van der Waals surface area contributed by atoms with E-state index in [1.165, 1.54) is 37.5 Å². The first kappa shape index (κ1) is 18.5. The second kappa shape index (κ2) is 7.91. The molecule has 0 radical (unpaired) electrons. The van der Waals surface area contributed by atoms with Gasteiger partial charge in [0.15, 0.2) is 0 Å². The summed E-state index contributed by atoms with van der Waals surface area (Å²) in [6.45, 7) is 2.99. The normalized spacial score (nSPS) is 15.7. The van der Waals surface area contributed by atoms with E-state index in [9.17, 15) is 18.0 Å². The molecule has 0 unspecified atom stereocenters. The summed E-state index contributed by atoms with van der Waals surface area (Å²) < 4.78 is 39.1. The van der Waals surface area contributed by atoms with Crippen molar-refractivity contribution in [3.63, 3.8) is 0 Å². The summed E-state index contributed by atoms with van der Waals surface area (Å²) in [5.74, 6) is -0.550. The minimum Gasteiger partial charge on any atom is -0.321 e. The number of nitrogens with one attached hydrogen (secondary N) is 1. The van der Waals surface area contributed by atoms with Crippen molar-refractivity contribution < 1.29 is 18.0 Å². The van der Waals surface area contributed by atoms with Crippen LogP contribution in [0.1, 0.15) is 40.7 Å². The van der Waals surface area contributed by atoms with Gasteiger partial charge in [-0.25, -0.2) is 0 Å². The Morgan fingerprint density at radius 2 is 1.62 bits per heavy atom. The lowest BCUT2D eigenvalue weighted by Crippen LogP contribution is -2.29. The predicted molar refractivity (Wildman–Crippen MR) is 95.0 cm³/mol. The summed E-state index contributed by atoms with van der Waals surface area (Å²) in [7, 11) is 0. The van der Waals surface area contributed by atoms with Gasteiger partial charge in [0.2, 0.25) is 0 Å². The molecule has 0 aromatic heterocycles. The van der Waals surface area contributed by atoms with Crippen LogP contribution < -0.4 is 5.32 Å². The van der Waals surface area contributed by atoms with Crippen molar-refractivity contribution >= 4 is 11.6 Å². The highest BCUT2D eigenvalue weighted by Gasteiger charge is 2.33. The van der Waals surface area contributed by atoms with Gasteiger partial charge in [-0.05, 0) is 55.8 Å². The molecule has 0 atom stereocenters. The van der Waals surface area contributed by atoms with Crippen LogP contribution >= 0.6 is 0 Å². The molecule has 0 aliphatic carbocycles. The third-order valence-corrected chi connectivity index (χ3v) is 4.55. The van der Waals surface area contributed by atoms with Gasteiger partial charge < -0.3 is 5.32 Å². The summed E-state index contributed by atoms with van der Waals surface area (Å²) in [6, 6.07) is 12.0. The van der Waals surface area contributed by atoms with Crippen LogP contribution in [0.4, 0.5) is 18.9 Å². The number of piperidine rings is 1. The standard InChI is InChI=1S/C20H21F3N2O/c21-20(22,23)17-6-2-3-7-18(17)24-19(26)16-10-8-15(9-11-16)14-25-12-4-1-5-13-25/h2-3,6-11H,1,4-5,12-14H2,(H,24,26). The first-order chi connectivity index (χ1) is 12.4. The number of benzene rings is 2. The highest BCUT2D eigenvalue weighted by atomic mass is 19.4. The van der Waals surface area contributed by atoms with E-state index < -0.39 is 17.6 Å². The van der Waals surface area contributed by atoms with Gasteiger partial charge in [0.1, 0.15) is 0 Å². The van der Waals surface area contributed by atoms with Crippen molar-refractivity contribution in [2.45, 2.75) is 32.0 Å². The van der Waals surface area contributed by atoms with Crippen molar-refractivity contribution in [2.75, 3.05) is 18.4 Å². The van der Waals surface area contributed by atoms with Crippen LogP contribution in [0.2, 0.25) is 0 Å². The SMILES string of the molecule is O=C(Nc1ccccc1C(F)(F)F)c1ccc(CN2CCCCC2)cc1. The number of alkyl halides is 3. The number of carbonyl (C=O) groups excluding carboxylic acids is 1. The molecule has 2 aromatic carbocycles. The zero-order valence-corrected chi connectivity index (χ0v) is 14.4. The molecule has 138 valence electrons. The maximum Gasteiger partial charge on any atom is 0.418 e. The predicted octanol–water partition coefficient (Wildman–Crippen LogP) is 4.94. The van der Waals surface area contributed by atoms with Gasteiger partial charge in [-0.2, -0.15) is 13.2 Å². The minimum absolute atomic E-state index is 0.234. The summed E-state index contributed by atoms with van der Waals surface area (Å²) in [5, 5.41) is 2.36. The Hall–Kier alpha value is -2.34. The molecule has 1 amide bonds. The third kappa shape index (κ3) is 4.64. The summed E-state index contributed by atoms with van der Waals surface area (Å²) in [5.41, 5.74) is 0.348. The molecule has 0 bridgehead atoms. The molecule has 3 rings (SSSR count). The number of hydrogen-bond acceptors (Lipinski definition) is 2. The van der Waals surface area contributed by atoms with Gasteiger partial charge >= 0.3 is 6.18 Å². The molecular formula is C20H21F3N2O. The monoisotopic (exact) mass is 362 g/mol. The highest BCUT2D eigenvalue weighted by Crippen LogP contribution is 2.34. The molecule has 1 aliphatic rings. The summed E-state index contributed by atoms with van der Waals surface area (Å²) >= 11 is 0. The second-order valence-electron chi connectivity index (χ2n) is 6.53. The average Bonchev–Trinajstić information content (AvgIpc) is 2.63. The number of carbonyl (C=O) groups is 1. The lowest BCUT2D eigenvalue weighted by Gasteiger charge is -2.26. The number of halogens is 3. The fraction of sp³-hybridized carbons (Fsp3) is 0.350. The van der Waals surface area contributed by atoms with E-state index in [4.69, 9.17) is 0 Å². The maximum atomic E-state index is 13.0. The second-order valence-corrected chi connectivity index (χ2v) is 6.53. The number of anilines is 1. The van der Waals surface area contributed by atoms with E-state index in [1.54, 1.807) is 12.1 Å². The fourth-order valence-electron chi connectivity index (χ4n) is 3.17. The Morgan fingerprint density at radius 1 is 0.962 bits per heavy atom. The van der Waals surface area contributed by atoms with Gasteiger partial charge in [-0.3, -0.25) is 9.69 Å². The Bertz CT molecular complexity index is 750. The van der Waals surface area contributed by atoms with E-state index in [0.29, 0.717) is 5.56 Å². The van der Waals surface area contributed by atoms with Gasteiger partial charge in [-0.1, -0.05) is 30.7 Å². The molecule has 1 fully saturated rings. The van der Waals surface area contributed by atoms with Crippen LogP contribution in [0.15, 0.2) is 48.5 Å². The number of likely N-dealkylation sites (tertiary alicyclic amines) is 1. The fourth-order valence-corrected chi connectivity index (χ4v) is 3.17. The smallest absolute Gasteiger partial charge is 0.321 e. The van der Waals surface area contributed by atoms with Gasteiger partial charge in [-0.15, -0.1) is 0 Å². The van der Waals surface area contributed by atoms with E-state index >= 15 is 0 Å². The average molecular weight is 362 g/mol. The molecule has 1 heterocycles. The molecule has 1 saturated heterocycles. The Labute approximate surface area is 150 Å². The molecule has 0 saturated carbocycles. The molecular weight excluding hydrogens is 341 g/mol. The maximum absolute atomic E-state index is 13.0. The van der Waals surface area contributed by atoms with Crippen molar-refractivity contribution in [1.29, 1.82) is 0 Å². The quantitative estimate of drug-likeness (QED) is 0.835. The number of hydrogen-bond donors (Lipinski definition) is 1. The molecule has 26 heavy (non-hydrogen) atoms. The number of para-hydroxylation sites is 1.